The molecule has 9 heteroatoms. The number of nitrogens with one attached hydrogen (secondary N) is 1. The fraction of sp³-hybridized carbons (Fsp3) is 0.478. The standard InChI is InChI=1S/C23H29N5O3S/c1-14(2)31-9-5-8-24-20(29)11-17-13-32-23-26-21-18(22(30)27(17)23)12-25-28(21)19-7-6-15(3)10-16(19)4/h6-7,10,12,14,17H,5,8-9,11,13H2,1-4H3,(H,24,29). The zero-order chi connectivity index (χ0) is 22.8. The molecule has 170 valence electrons. The summed E-state index contributed by atoms with van der Waals surface area (Å²) in [7, 11) is 0. The van der Waals surface area contributed by atoms with Crippen LogP contribution in [0, 0.1) is 13.8 Å². The molecule has 1 amide bonds. The Kier molecular flexibility index (Phi) is 6.66. The predicted octanol–water partition coefficient (Wildman–Crippen LogP) is 3.17. The Labute approximate surface area is 191 Å². The van der Waals surface area contributed by atoms with Gasteiger partial charge in [0, 0.05) is 25.3 Å². The molecule has 1 atom stereocenters. The number of aryl methyl sites for hydroxylation is 2. The summed E-state index contributed by atoms with van der Waals surface area (Å²) in [4.78, 5) is 30.4. The van der Waals surface area contributed by atoms with Crippen LogP contribution in [0.1, 0.15) is 43.9 Å². The molecule has 0 saturated heterocycles. The summed E-state index contributed by atoms with van der Waals surface area (Å²) in [5.74, 6) is 0.585. The summed E-state index contributed by atoms with van der Waals surface area (Å²) in [5, 5.41) is 8.48. The van der Waals surface area contributed by atoms with Gasteiger partial charge < -0.3 is 10.1 Å². The van der Waals surface area contributed by atoms with Crippen LogP contribution >= 0.6 is 11.8 Å². The van der Waals surface area contributed by atoms with Gasteiger partial charge in [-0.3, -0.25) is 14.2 Å². The first-order chi connectivity index (χ1) is 15.3. The van der Waals surface area contributed by atoms with Crippen molar-refractivity contribution in [3.05, 3.63) is 45.9 Å². The maximum Gasteiger partial charge on any atom is 0.265 e. The van der Waals surface area contributed by atoms with E-state index in [9.17, 15) is 9.59 Å². The Morgan fingerprint density at radius 3 is 2.91 bits per heavy atom. The van der Waals surface area contributed by atoms with Gasteiger partial charge in [-0.2, -0.15) is 5.10 Å². The van der Waals surface area contributed by atoms with E-state index in [-0.39, 0.29) is 30.0 Å². The maximum atomic E-state index is 13.3. The molecule has 32 heavy (non-hydrogen) atoms. The minimum Gasteiger partial charge on any atom is -0.379 e. The Balaban J connectivity index is 1.52. The molecule has 1 aliphatic heterocycles. The summed E-state index contributed by atoms with van der Waals surface area (Å²) in [5.41, 5.74) is 3.55. The lowest BCUT2D eigenvalue weighted by atomic mass is 10.1. The van der Waals surface area contributed by atoms with Crippen LogP contribution in [0.4, 0.5) is 0 Å². The van der Waals surface area contributed by atoms with Gasteiger partial charge in [0.25, 0.3) is 5.56 Å². The van der Waals surface area contributed by atoms with E-state index in [1.54, 1.807) is 15.4 Å². The van der Waals surface area contributed by atoms with Crippen LogP contribution in [0.5, 0.6) is 0 Å². The van der Waals surface area contributed by atoms with Crippen LogP contribution in [-0.2, 0) is 9.53 Å². The zero-order valence-electron chi connectivity index (χ0n) is 18.9. The second-order valence-corrected chi connectivity index (χ2v) is 9.43. The number of carbonyl (C=O) groups excluding carboxylic acids is 1. The van der Waals surface area contributed by atoms with Crippen molar-refractivity contribution in [2.75, 3.05) is 18.9 Å². The van der Waals surface area contributed by atoms with Gasteiger partial charge in [0.1, 0.15) is 5.39 Å². The van der Waals surface area contributed by atoms with Gasteiger partial charge in [-0.15, -0.1) is 0 Å². The van der Waals surface area contributed by atoms with E-state index in [1.165, 1.54) is 17.3 Å². The predicted molar refractivity (Wildman–Crippen MR) is 126 cm³/mol. The molecule has 0 aliphatic carbocycles. The van der Waals surface area contributed by atoms with E-state index in [1.807, 2.05) is 39.8 Å². The van der Waals surface area contributed by atoms with Crippen molar-refractivity contribution in [1.82, 2.24) is 24.6 Å². The van der Waals surface area contributed by atoms with Crippen LogP contribution in [0.3, 0.4) is 0 Å². The summed E-state index contributed by atoms with van der Waals surface area (Å²) >= 11 is 1.51. The molecule has 0 saturated carbocycles. The Morgan fingerprint density at radius 2 is 2.16 bits per heavy atom. The van der Waals surface area contributed by atoms with E-state index in [0.717, 1.165) is 17.7 Å². The lowest BCUT2D eigenvalue weighted by Crippen LogP contribution is -2.31. The van der Waals surface area contributed by atoms with Gasteiger partial charge >= 0.3 is 0 Å². The Morgan fingerprint density at radius 1 is 1.34 bits per heavy atom. The first-order valence-electron chi connectivity index (χ1n) is 10.9. The van der Waals surface area contributed by atoms with E-state index < -0.39 is 0 Å². The molecule has 0 fully saturated rings. The molecule has 4 rings (SSSR count). The van der Waals surface area contributed by atoms with Gasteiger partial charge in [0.15, 0.2) is 10.8 Å². The molecule has 0 bridgehead atoms. The summed E-state index contributed by atoms with van der Waals surface area (Å²) < 4.78 is 8.87. The van der Waals surface area contributed by atoms with Crippen LogP contribution in [-0.4, -0.2) is 50.2 Å². The molecule has 1 aromatic carbocycles. The largest absolute Gasteiger partial charge is 0.379 e. The highest BCUT2D eigenvalue weighted by molar-refractivity contribution is 7.99. The van der Waals surface area contributed by atoms with Crippen molar-refractivity contribution >= 4 is 28.7 Å². The van der Waals surface area contributed by atoms with Crippen molar-refractivity contribution in [3.8, 4) is 5.69 Å². The number of carbonyl (C=O) groups is 1. The molecule has 1 unspecified atom stereocenters. The molecule has 2 aromatic heterocycles. The quantitative estimate of drug-likeness (QED) is 0.414. The van der Waals surface area contributed by atoms with Gasteiger partial charge in [0.05, 0.1) is 24.0 Å². The normalized spacial score (nSPS) is 15.5. The average molecular weight is 456 g/mol. The van der Waals surface area contributed by atoms with Crippen molar-refractivity contribution in [1.29, 1.82) is 0 Å². The van der Waals surface area contributed by atoms with Crippen LogP contribution < -0.4 is 10.9 Å². The molecule has 1 aliphatic rings. The molecule has 3 heterocycles. The minimum absolute atomic E-state index is 0.0639. The Bertz CT molecular complexity index is 1200. The highest BCUT2D eigenvalue weighted by Gasteiger charge is 2.29. The number of benzene rings is 1. The van der Waals surface area contributed by atoms with Crippen LogP contribution in [0.25, 0.3) is 16.7 Å². The lowest BCUT2D eigenvalue weighted by molar-refractivity contribution is -0.121. The first-order valence-corrected chi connectivity index (χ1v) is 11.9. The van der Waals surface area contributed by atoms with E-state index in [4.69, 9.17) is 9.72 Å². The number of ether oxygens (including phenoxy) is 1. The Hall–Kier alpha value is -2.65. The van der Waals surface area contributed by atoms with E-state index in [2.05, 4.69) is 16.5 Å². The number of rotatable bonds is 8. The fourth-order valence-corrected chi connectivity index (χ4v) is 5.04. The maximum absolute atomic E-state index is 13.3. The molecule has 8 nitrogen and oxygen atoms in total. The third-order valence-corrected chi connectivity index (χ3v) is 6.56. The van der Waals surface area contributed by atoms with E-state index >= 15 is 0 Å². The topological polar surface area (TPSA) is 91.0 Å². The number of fused-ring (bicyclic) bond motifs is 2. The van der Waals surface area contributed by atoms with Gasteiger partial charge in [0.2, 0.25) is 5.91 Å². The van der Waals surface area contributed by atoms with Gasteiger partial charge in [-0.1, -0.05) is 29.5 Å². The molecule has 0 spiro atoms. The highest BCUT2D eigenvalue weighted by atomic mass is 32.2. The van der Waals surface area contributed by atoms with Crippen molar-refractivity contribution in [3.63, 3.8) is 0 Å². The second-order valence-electron chi connectivity index (χ2n) is 8.45. The number of nitrogens with zero attached hydrogens (tertiary/aromatic N) is 4. The van der Waals surface area contributed by atoms with Crippen molar-refractivity contribution < 1.29 is 9.53 Å². The monoisotopic (exact) mass is 455 g/mol. The molecule has 0 radical (unpaired) electrons. The van der Waals surface area contributed by atoms with Crippen molar-refractivity contribution in [2.24, 2.45) is 0 Å². The summed E-state index contributed by atoms with van der Waals surface area (Å²) in [6, 6.07) is 5.89. The number of hydrogen-bond acceptors (Lipinski definition) is 6. The third kappa shape index (κ3) is 4.59. The summed E-state index contributed by atoms with van der Waals surface area (Å²) in [6.07, 6.45) is 2.78. The number of amides is 1. The molecule has 1 N–H and O–H groups in total. The minimum atomic E-state index is -0.212. The van der Waals surface area contributed by atoms with Gasteiger partial charge in [-0.05, 0) is 45.7 Å². The molecule has 3 aromatic rings. The lowest BCUT2D eigenvalue weighted by Gasteiger charge is -2.14. The average Bonchev–Trinajstić information content (AvgIpc) is 3.33. The highest BCUT2D eigenvalue weighted by Crippen LogP contribution is 2.33. The van der Waals surface area contributed by atoms with Gasteiger partial charge in [-0.25, -0.2) is 9.67 Å². The summed E-state index contributed by atoms with van der Waals surface area (Å²) in [6.45, 7) is 9.22. The SMILES string of the molecule is Cc1ccc(-n2ncc3c(=O)n4c(nc32)SCC4CC(=O)NCCCOC(C)C)c(C)c1. The number of thioether (sulfide) groups is 1. The van der Waals surface area contributed by atoms with Crippen LogP contribution in [0.2, 0.25) is 0 Å². The smallest absolute Gasteiger partial charge is 0.265 e. The van der Waals surface area contributed by atoms with E-state index in [0.29, 0.717) is 35.1 Å². The molecular formula is C23H29N5O3S. The van der Waals surface area contributed by atoms with Crippen molar-refractivity contribution in [2.45, 2.75) is 57.8 Å². The fourth-order valence-electron chi connectivity index (χ4n) is 3.91. The first kappa shape index (κ1) is 22.5. The zero-order valence-corrected chi connectivity index (χ0v) is 19.7. The van der Waals surface area contributed by atoms with Crippen LogP contribution in [0.15, 0.2) is 34.3 Å². The third-order valence-electron chi connectivity index (χ3n) is 5.47. The number of hydrogen-bond donors (Lipinski definition) is 1. The molecular weight excluding hydrogens is 426 g/mol. The number of aromatic nitrogens is 4. The second kappa shape index (κ2) is 9.46.